The summed E-state index contributed by atoms with van der Waals surface area (Å²) in [6.45, 7) is 1.48. The van der Waals surface area contributed by atoms with E-state index in [9.17, 15) is 9.18 Å². The molecule has 24 heavy (non-hydrogen) atoms. The summed E-state index contributed by atoms with van der Waals surface area (Å²) < 4.78 is 29.0. The van der Waals surface area contributed by atoms with Crippen LogP contribution in [0, 0.1) is 17.1 Å². The Balaban J connectivity index is 1.89. The van der Waals surface area contributed by atoms with Crippen molar-refractivity contribution in [3.8, 4) is 17.6 Å². The summed E-state index contributed by atoms with van der Waals surface area (Å²) in [6.07, 6.45) is -0.832. The molecule has 5 nitrogen and oxygen atoms in total. The van der Waals surface area contributed by atoms with Gasteiger partial charge in [-0.3, -0.25) is 0 Å². The van der Waals surface area contributed by atoms with Gasteiger partial charge < -0.3 is 14.2 Å². The Labute approximate surface area is 139 Å². The molecular weight excluding hydrogens is 313 g/mol. The van der Waals surface area contributed by atoms with Crippen molar-refractivity contribution in [2.45, 2.75) is 19.6 Å². The van der Waals surface area contributed by atoms with Gasteiger partial charge in [0.25, 0.3) is 0 Å². The second kappa shape index (κ2) is 7.97. The summed E-state index contributed by atoms with van der Waals surface area (Å²) >= 11 is 0. The molecule has 0 unspecified atom stereocenters. The molecule has 0 aromatic heterocycles. The Morgan fingerprint density at radius 2 is 1.96 bits per heavy atom. The van der Waals surface area contributed by atoms with Crippen LogP contribution in [-0.4, -0.2) is 19.2 Å². The molecular formula is C18H16FNO4. The number of hydrogen-bond donors (Lipinski definition) is 0. The first-order valence-corrected chi connectivity index (χ1v) is 7.19. The van der Waals surface area contributed by atoms with Crippen LogP contribution < -0.4 is 9.47 Å². The van der Waals surface area contributed by atoms with Gasteiger partial charge in [0.05, 0.1) is 18.7 Å². The molecule has 0 fully saturated rings. The Morgan fingerprint density at radius 1 is 1.25 bits per heavy atom. The lowest BCUT2D eigenvalue weighted by atomic mass is 10.2. The van der Waals surface area contributed by atoms with Crippen molar-refractivity contribution < 1.29 is 23.4 Å². The first kappa shape index (κ1) is 17.3. The SMILES string of the molecule is COc1ccc(COC(=O)[C@@H](C)Oc2ccc(C#N)cc2)cc1F. The fraction of sp³-hybridized carbons (Fsp3) is 0.222. The number of nitrogens with zero attached hydrogens (tertiary/aromatic N) is 1. The van der Waals surface area contributed by atoms with Crippen LogP contribution in [0.2, 0.25) is 0 Å². The monoisotopic (exact) mass is 329 g/mol. The fourth-order valence-corrected chi connectivity index (χ4v) is 1.93. The molecule has 2 aromatic carbocycles. The highest BCUT2D eigenvalue weighted by molar-refractivity contribution is 5.74. The minimum atomic E-state index is -0.832. The molecule has 0 amide bonds. The van der Waals surface area contributed by atoms with E-state index in [0.29, 0.717) is 16.9 Å². The first-order valence-electron chi connectivity index (χ1n) is 7.19. The molecule has 0 heterocycles. The summed E-state index contributed by atoms with van der Waals surface area (Å²) in [6, 6.07) is 12.7. The molecule has 0 bridgehead atoms. The van der Waals surface area contributed by atoms with Crippen LogP contribution in [0.25, 0.3) is 0 Å². The summed E-state index contributed by atoms with van der Waals surface area (Å²) in [5.41, 5.74) is 1.01. The quantitative estimate of drug-likeness (QED) is 0.761. The van der Waals surface area contributed by atoms with Gasteiger partial charge in [-0.15, -0.1) is 0 Å². The van der Waals surface area contributed by atoms with Gasteiger partial charge in [-0.25, -0.2) is 9.18 Å². The van der Waals surface area contributed by atoms with E-state index in [1.807, 2.05) is 6.07 Å². The maximum atomic E-state index is 13.6. The molecule has 0 aliphatic carbocycles. The van der Waals surface area contributed by atoms with Gasteiger partial charge in [0.2, 0.25) is 0 Å². The highest BCUT2D eigenvalue weighted by atomic mass is 19.1. The normalized spacial score (nSPS) is 11.2. The summed E-state index contributed by atoms with van der Waals surface area (Å²) in [5, 5.41) is 8.73. The molecule has 0 aliphatic heterocycles. The molecule has 124 valence electrons. The Hall–Kier alpha value is -3.07. The molecule has 0 N–H and O–H groups in total. The Bertz CT molecular complexity index is 753. The lowest BCUT2D eigenvalue weighted by Crippen LogP contribution is -2.26. The van der Waals surface area contributed by atoms with Crippen molar-refractivity contribution in [2.75, 3.05) is 7.11 Å². The van der Waals surface area contributed by atoms with Gasteiger partial charge in [-0.2, -0.15) is 5.26 Å². The van der Waals surface area contributed by atoms with Gasteiger partial charge in [-0.1, -0.05) is 6.07 Å². The van der Waals surface area contributed by atoms with E-state index < -0.39 is 17.9 Å². The van der Waals surface area contributed by atoms with Crippen LogP contribution in [0.3, 0.4) is 0 Å². The third-order valence-corrected chi connectivity index (χ3v) is 3.23. The number of benzene rings is 2. The maximum absolute atomic E-state index is 13.6. The summed E-state index contributed by atoms with van der Waals surface area (Å²) in [5.74, 6) is -0.514. The van der Waals surface area contributed by atoms with Crippen LogP contribution in [0.15, 0.2) is 42.5 Å². The number of hydrogen-bond acceptors (Lipinski definition) is 5. The van der Waals surface area contributed by atoms with Crippen molar-refractivity contribution in [2.24, 2.45) is 0 Å². The lowest BCUT2D eigenvalue weighted by Gasteiger charge is -2.14. The number of ether oxygens (including phenoxy) is 3. The number of carbonyl (C=O) groups excluding carboxylic acids is 1. The predicted octanol–water partition coefficient (Wildman–Crippen LogP) is 3.22. The first-order chi connectivity index (χ1) is 11.5. The molecule has 0 aliphatic rings. The number of nitriles is 1. The lowest BCUT2D eigenvalue weighted by molar-refractivity contribution is -0.152. The van der Waals surface area contributed by atoms with Crippen molar-refractivity contribution in [1.82, 2.24) is 0 Å². The molecule has 2 aromatic rings. The Morgan fingerprint density at radius 3 is 2.54 bits per heavy atom. The highest BCUT2D eigenvalue weighted by Gasteiger charge is 2.17. The van der Waals surface area contributed by atoms with Crippen molar-refractivity contribution in [1.29, 1.82) is 5.26 Å². The van der Waals surface area contributed by atoms with Gasteiger partial charge in [0.15, 0.2) is 17.7 Å². The maximum Gasteiger partial charge on any atom is 0.347 e. The van der Waals surface area contributed by atoms with E-state index >= 15 is 0 Å². The summed E-state index contributed by atoms with van der Waals surface area (Å²) in [4.78, 5) is 11.9. The zero-order valence-corrected chi connectivity index (χ0v) is 13.3. The standard InChI is InChI=1S/C18H16FNO4/c1-12(24-15-6-3-13(10-20)4-7-15)18(21)23-11-14-5-8-17(22-2)16(19)9-14/h3-9,12H,11H2,1-2H3/t12-/m1/s1. The van der Waals surface area contributed by atoms with Crippen LogP contribution >= 0.6 is 0 Å². The number of methoxy groups -OCH3 is 1. The number of esters is 1. The number of carbonyl (C=O) groups is 1. The molecule has 0 saturated carbocycles. The van der Waals surface area contributed by atoms with Crippen LogP contribution in [0.1, 0.15) is 18.1 Å². The van der Waals surface area contributed by atoms with E-state index in [2.05, 4.69) is 0 Å². The second-order valence-corrected chi connectivity index (χ2v) is 4.97. The third-order valence-electron chi connectivity index (χ3n) is 3.23. The largest absolute Gasteiger partial charge is 0.494 e. The molecule has 0 saturated heterocycles. The molecule has 1 atom stereocenters. The smallest absolute Gasteiger partial charge is 0.347 e. The van der Waals surface area contributed by atoms with Crippen molar-refractivity contribution >= 4 is 5.97 Å². The molecule has 6 heteroatoms. The van der Waals surface area contributed by atoms with Crippen LogP contribution in [-0.2, 0) is 16.1 Å². The number of halogens is 1. The summed E-state index contributed by atoms with van der Waals surface area (Å²) in [7, 11) is 1.38. The predicted molar refractivity (Wildman–Crippen MR) is 84.0 cm³/mol. The van der Waals surface area contributed by atoms with E-state index in [-0.39, 0.29) is 12.4 Å². The van der Waals surface area contributed by atoms with Crippen LogP contribution in [0.4, 0.5) is 4.39 Å². The van der Waals surface area contributed by atoms with Crippen molar-refractivity contribution in [3.05, 3.63) is 59.4 Å². The van der Waals surface area contributed by atoms with E-state index in [1.54, 1.807) is 37.3 Å². The zero-order valence-electron chi connectivity index (χ0n) is 13.3. The molecule has 0 spiro atoms. The average molecular weight is 329 g/mol. The Kier molecular flexibility index (Phi) is 5.74. The zero-order chi connectivity index (χ0) is 17.5. The van der Waals surface area contributed by atoms with E-state index in [1.165, 1.54) is 19.2 Å². The van der Waals surface area contributed by atoms with Gasteiger partial charge in [-0.05, 0) is 48.9 Å². The second-order valence-electron chi connectivity index (χ2n) is 4.97. The van der Waals surface area contributed by atoms with Gasteiger partial charge in [0, 0.05) is 0 Å². The van der Waals surface area contributed by atoms with E-state index in [4.69, 9.17) is 19.5 Å². The molecule has 2 rings (SSSR count). The highest BCUT2D eigenvalue weighted by Crippen LogP contribution is 2.18. The minimum Gasteiger partial charge on any atom is -0.494 e. The topological polar surface area (TPSA) is 68.6 Å². The molecule has 0 radical (unpaired) electrons. The van der Waals surface area contributed by atoms with E-state index in [0.717, 1.165) is 0 Å². The fourth-order valence-electron chi connectivity index (χ4n) is 1.93. The third kappa shape index (κ3) is 4.46. The van der Waals surface area contributed by atoms with Crippen LogP contribution in [0.5, 0.6) is 11.5 Å². The minimum absolute atomic E-state index is 0.0686. The average Bonchev–Trinajstić information content (AvgIpc) is 2.60. The van der Waals surface area contributed by atoms with Crippen molar-refractivity contribution in [3.63, 3.8) is 0 Å². The van der Waals surface area contributed by atoms with Gasteiger partial charge in [0.1, 0.15) is 12.4 Å². The number of rotatable bonds is 6. The van der Waals surface area contributed by atoms with Gasteiger partial charge >= 0.3 is 5.97 Å².